The highest BCUT2D eigenvalue weighted by molar-refractivity contribution is 6.06. The first-order valence-electron chi connectivity index (χ1n) is 8.60. The summed E-state index contributed by atoms with van der Waals surface area (Å²) in [6.07, 6.45) is 0. The molecule has 0 spiro atoms. The van der Waals surface area contributed by atoms with Crippen LogP contribution in [0.4, 0.5) is 11.4 Å². The smallest absolute Gasteiger partial charge is 0.255 e. The van der Waals surface area contributed by atoms with Crippen LogP contribution in [0.5, 0.6) is 11.5 Å². The van der Waals surface area contributed by atoms with E-state index in [4.69, 9.17) is 9.47 Å². The number of amides is 2. The summed E-state index contributed by atoms with van der Waals surface area (Å²) in [6.45, 7) is 0. The van der Waals surface area contributed by atoms with Crippen LogP contribution in [0.3, 0.4) is 0 Å². The van der Waals surface area contributed by atoms with E-state index in [1.54, 1.807) is 73.8 Å². The molecule has 0 heterocycles. The molecule has 0 unspecified atom stereocenters. The minimum Gasteiger partial charge on any atom is -0.493 e. The highest BCUT2D eigenvalue weighted by Crippen LogP contribution is 2.30. The molecule has 2 amide bonds. The van der Waals surface area contributed by atoms with E-state index in [1.165, 1.54) is 7.11 Å². The first-order valence-corrected chi connectivity index (χ1v) is 8.60. The summed E-state index contributed by atoms with van der Waals surface area (Å²) in [7, 11) is 3.08. The second kappa shape index (κ2) is 8.73. The van der Waals surface area contributed by atoms with Gasteiger partial charge in [0.25, 0.3) is 11.8 Å². The Morgan fingerprint density at radius 3 is 1.79 bits per heavy atom. The first-order chi connectivity index (χ1) is 13.6. The topological polar surface area (TPSA) is 76.7 Å². The van der Waals surface area contributed by atoms with Gasteiger partial charge >= 0.3 is 0 Å². The van der Waals surface area contributed by atoms with Gasteiger partial charge in [-0.2, -0.15) is 0 Å². The van der Waals surface area contributed by atoms with Crippen molar-refractivity contribution in [3.05, 3.63) is 83.9 Å². The van der Waals surface area contributed by atoms with Crippen molar-refractivity contribution >= 4 is 23.2 Å². The standard InChI is InChI=1S/C22H20N2O4/c1-27-19-13-12-18(14-20(19)28-2)24-22(26)16-8-10-17(11-9-16)23-21(25)15-6-4-3-5-7-15/h3-14H,1-2H3,(H,23,25)(H,24,26). The van der Waals surface area contributed by atoms with Gasteiger partial charge in [-0.3, -0.25) is 9.59 Å². The Kier molecular flexibility index (Phi) is 5.91. The highest BCUT2D eigenvalue weighted by atomic mass is 16.5. The van der Waals surface area contributed by atoms with Crippen LogP contribution in [0.2, 0.25) is 0 Å². The molecular weight excluding hydrogens is 356 g/mol. The van der Waals surface area contributed by atoms with Gasteiger partial charge in [-0.1, -0.05) is 18.2 Å². The Bertz CT molecular complexity index is 970. The van der Waals surface area contributed by atoms with Gasteiger partial charge < -0.3 is 20.1 Å². The SMILES string of the molecule is COc1ccc(NC(=O)c2ccc(NC(=O)c3ccccc3)cc2)cc1OC. The van der Waals surface area contributed by atoms with Crippen LogP contribution >= 0.6 is 0 Å². The average molecular weight is 376 g/mol. The summed E-state index contributed by atoms with van der Waals surface area (Å²) in [6, 6.07) is 20.7. The average Bonchev–Trinajstić information content (AvgIpc) is 2.74. The zero-order valence-corrected chi connectivity index (χ0v) is 15.6. The molecule has 3 rings (SSSR count). The molecule has 0 atom stereocenters. The molecule has 142 valence electrons. The maximum Gasteiger partial charge on any atom is 0.255 e. The van der Waals surface area contributed by atoms with Crippen molar-refractivity contribution < 1.29 is 19.1 Å². The Morgan fingerprint density at radius 2 is 1.18 bits per heavy atom. The second-order valence-electron chi connectivity index (χ2n) is 5.92. The van der Waals surface area contributed by atoms with Crippen molar-refractivity contribution in [2.75, 3.05) is 24.9 Å². The van der Waals surface area contributed by atoms with E-state index in [9.17, 15) is 9.59 Å². The number of methoxy groups -OCH3 is 2. The van der Waals surface area contributed by atoms with E-state index in [1.807, 2.05) is 6.07 Å². The summed E-state index contributed by atoms with van der Waals surface area (Å²) in [5, 5.41) is 5.61. The van der Waals surface area contributed by atoms with Crippen molar-refractivity contribution in [3.8, 4) is 11.5 Å². The Balaban J connectivity index is 1.66. The summed E-state index contributed by atoms with van der Waals surface area (Å²) in [5.74, 6) is 0.634. The fraction of sp³-hybridized carbons (Fsp3) is 0.0909. The van der Waals surface area contributed by atoms with Crippen molar-refractivity contribution in [1.29, 1.82) is 0 Å². The van der Waals surface area contributed by atoms with E-state index in [0.29, 0.717) is 34.0 Å². The largest absolute Gasteiger partial charge is 0.493 e. The minimum absolute atomic E-state index is 0.205. The molecule has 6 heteroatoms. The predicted octanol–water partition coefficient (Wildman–Crippen LogP) is 4.21. The van der Waals surface area contributed by atoms with Crippen LogP contribution in [-0.2, 0) is 0 Å². The molecule has 0 bridgehead atoms. The number of benzene rings is 3. The summed E-state index contributed by atoms with van der Waals surface area (Å²) in [5.41, 5.74) is 2.23. The van der Waals surface area contributed by atoms with E-state index >= 15 is 0 Å². The molecular formula is C22H20N2O4. The molecule has 3 aromatic rings. The van der Waals surface area contributed by atoms with E-state index in [0.717, 1.165) is 0 Å². The summed E-state index contributed by atoms with van der Waals surface area (Å²) < 4.78 is 10.4. The number of carbonyl (C=O) groups excluding carboxylic acids is 2. The molecule has 28 heavy (non-hydrogen) atoms. The minimum atomic E-state index is -0.270. The Morgan fingerprint density at radius 1 is 0.643 bits per heavy atom. The fourth-order valence-corrected chi connectivity index (χ4v) is 2.61. The van der Waals surface area contributed by atoms with Crippen LogP contribution in [0.1, 0.15) is 20.7 Å². The van der Waals surface area contributed by atoms with Gasteiger partial charge in [0.15, 0.2) is 11.5 Å². The molecule has 0 aliphatic carbocycles. The van der Waals surface area contributed by atoms with Gasteiger partial charge in [-0.05, 0) is 48.5 Å². The number of ether oxygens (including phenoxy) is 2. The molecule has 0 saturated heterocycles. The van der Waals surface area contributed by atoms with Gasteiger partial charge in [0, 0.05) is 28.6 Å². The monoisotopic (exact) mass is 376 g/mol. The Hall–Kier alpha value is -3.80. The first kappa shape index (κ1) is 19.0. The molecule has 3 aromatic carbocycles. The van der Waals surface area contributed by atoms with Crippen LogP contribution in [0.25, 0.3) is 0 Å². The number of anilines is 2. The van der Waals surface area contributed by atoms with Crippen LogP contribution in [0.15, 0.2) is 72.8 Å². The third kappa shape index (κ3) is 4.48. The molecule has 0 fully saturated rings. The number of rotatable bonds is 6. The quantitative estimate of drug-likeness (QED) is 0.676. The molecule has 0 saturated carbocycles. The van der Waals surface area contributed by atoms with Crippen LogP contribution < -0.4 is 20.1 Å². The van der Waals surface area contributed by atoms with Crippen molar-refractivity contribution in [2.24, 2.45) is 0 Å². The van der Waals surface area contributed by atoms with E-state index in [-0.39, 0.29) is 11.8 Å². The van der Waals surface area contributed by atoms with Crippen molar-refractivity contribution in [3.63, 3.8) is 0 Å². The van der Waals surface area contributed by atoms with Gasteiger partial charge in [0.2, 0.25) is 0 Å². The van der Waals surface area contributed by atoms with E-state index in [2.05, 4.69) is 10.6 Å². The molecule has 0 aliphatic heterocycles. The molecule has 0 aliphatic rings. The molecule has 0 radical (unpaired) electrons. The lowest BCUT2D eigenvalue weighted by molar-refractivity contribution is 0.102. The van der Waals surface area contributed by atoms with E-state index < -0.39 is 0 Å². The van der Waals surface area contributed by atoms with Crippen molar-refractivity contribution in [2.45, 2.75) is 0 Å². The lowest BCUT2D eigenvalue weighted by Gasteiger charge is -2.11. The normalized spacial score (nSPS) is 10.1. The zero-order valence-electron chi connectivity index (χ0n) is 15.6. The van der Waals surface area contributed by atoms with Gasteiger partial charge in [-0.15, -0.1) is 0 Å². The summed E-state index contributed by atoms with van der Waals surface area (Å²) in [4.78, 5) is 24.6. The van der Waals surface area contributed by atoms with Crippen molar-refractivity contribution in [1.82, 2.24) is 0 Å². The lowest BCUT2D eigenvalue weighted by Crippen LogP contribution is -2.13. The Labute approximate surface area is 163 Å². The molecule has 0 aromatic heterocycles. The molecule has 6 nitrogen and oxygen atoms in total. The number of hydrogen-bond acceptors (Lipinski definition) is 4. The zero-order chi connectivity index (χ0) is 19.9. The number of nitrogens with one attached hydrogen (secondary N) is 2. The van der Waals surface area contributed by atoms with Gasteiger partial charge in [0.05, 0.1) is 14.2 Å². The second-order valence-corrected chi connectivity index (χ2v) is 5.92. The molecule has 2 N–H and O–H groups in total. The lowest BCUT2D eigenvalue weighted by atomic mass is 10.1. The highest BCUT2D eigenvalue weighted by Gasteiger charge is 2.10. The fourth-order valence-electron chi connectivity index (χ4n) is 2.61. The maximum atomic E-state index is 12.5. The maximum absolute atomic E-state index is 12.5. The van der Waals surface area contributed by atoms with Crippen LogP contribution in [0, 0.1) is 0 Å². The van der Waals surface area contributed by atoms with Crippen LogP contribution in [-0.4, -0.2) is 26.0 Å². The predicted molar refractivity (Wildman–Crippen MR) is 108 cm³/mol. The number of carbonyl (C=O) groups is 2. The third-order valence-electron chi connectivity index (χ3n) is 4.08. The third-order valence-corrected chi connectivity index (χ3v) is 4.08. The van der Waals surface area contributed by atoms with Gasteiger partial charge in [0.1, 0.15) is 0 Å². The summed E-state index contributed by atoms with van der Waals surface area (Å²) >= 11 is 0. The van der Waals surface area contributed by atoms with Gasteiger partial charge in [-0.25, -0.2) is 0 Å². The number of hydrogen-bond donors (Lipinski definition) is 2.